The SMILES string of the molecule is C=Cc1cc(C(C)C)ccc1N(C)C. The van der Waals surface area contributed by atoms with Gasteiger partial charge in [-0.2, -0.15) is 0 Å². The zero-order chi connectivity index (χ0) is 10.7. The topological polar surface area (TPSA) is 3.24 Å². The predicted molar refractivity (Wildman–Crippen MR) is 64.9 cm³/mol. The molecule has 0 bridgehead atoms. The van der Waals surface area contributed by atoms with Crippen molar-refractivity contribution in [1.82, 2.24) is 0 Å². The lowest BCUT2D eigenvalue weighted by Gasteiger charge is -2.17. The minimum absolute atomic E-state index is 0.574. The lowest BCUT2D eigenvalue weighted by Crippen LogP contribution is -2.10. The lowest BCUT2D eigenvalue weighted by molar-refractivity contribution is 0.865. The maximum absolute atomic E-state index is 3.85. The van der Waals surface area contributed by atoms with E-state index in [4.69, 9.17) is 0 Å². The van der Waals surface area contributed by atoms with Gasteiger partial charge in [-0.15, -0.1) is 0 Å². The highest BCUT2D eigenvalue weighted by Gasteiger charge is 2.04. The third kappa shape index (κ3) is 2.16. The monoisotopic (exact) mass is 189 g/mol. The number of benzene rings is 1. The second-order valence-corrected chi connectivity index (χ2v) is 4.07. The van der Waals surface area contributed by atoms with Gasteiger partial charge in [0.25, 0.3) is 0 Å². The van der Waals surface area contributed by atoms with E-state index in [9.17, 15) is 0 Å². The second kappa shape index (κ2) is 4.32. The van der Waals surface area contributed by atoms with E-state index < -0.39 is 0 Å². The van der Waals surface area contributed by atoms with Gasteiger partial charge in [0.05, 0.1) is 0 Å². The van der Waals surface area contributed by atoms with Gasteiger partial charge in [-0.1, -0.05) is 32.6 Å². The summed E-state index contributed by atoms with van der Waals surface area (Å²) in [7, 11) is 4.11. The van der Waals surface area contributed by atoms with Crippen LogP contribution >= 0.6 is 0 Å². The van der Waals surface area contributed by atoms with Gasteiger partial charge in [-0.3, -0.25) is 0 Å². The molecular weight excluding hydrogens is 170 g/mol. The van der Waals surface area contributed by atoms with Crippen LogP contribution in [0.4, 0.5) is 5.69 Å². The van der Waals surface area contributed by atoms with Crippen molar-refractivity contribution in [3.8, 4) is 0 Å². The minimum atomic E-state index is 0.574. The van der Waals surface area contributed by atoms with Crippen molar-refractivity contribution in [3.63, 3.8) is 0 Å². The van der Waals surface area contributed by atoms with Gasteiger partial charge >= 0.3 is 0 Å². The van der Waals surface area contributed by atoms with Gasteiger partial charge in [0, 0.05) is 19.8 Å². The van der Waals surface area contributed by atoms with Gasteiger partial charge in [0.15, 0.2) is 0 Å². The molecule has 14 heavy (non-hydrogen) atoms. The van der Waals surface area contributed by atoms with Gasteiger partial charge < -0.3 is 4.90 Å². The molecule has 0 spiro atoms. The molecule has 0 fully saturated rings. The van der Waals surface area contributed by atoms with Crippen LogP contribution in [-0.2, 0) is 0 Å². The molecule has 0 aliphatic carbocycles. The van der Waals surface area contributed by atoms with Crippen LogP contribution in [0.2, 0.25) is 0 Å². The molecular formula is C13H19N. The normalized spacial score (nSPS) is 10.4. The number of hydrogen-bond acceptors (Lipinski definition) is 1. The molecule has 1 nitrogen and oxygen atoms in total. The van der Waals surface area contributed by atoms with Crippen molar-refractivity contribution >= 4 is 11.8 Å². The largest absolute Gasteiger partial charge is 0.377 e. The Morgan fingerprint density at radius 1 is 1.29 bits per heavy atom. The number of hydrogen-bond donors (Lipinski definition) is 0. The summed E-state index contributed by atoms with van der Waals surface area (Å²) in [6.45, 7) is 8.26. The third-order valence-corrected chi connectivity index (χ3v) is 2.42. The summed E-state index contributed by atoms with van der Waals surface area (Å²) in [5.41, 5.74) is 3.80. The highest BCUT2D eigenvalue weighted by atomic mass is 15.1. The van der Waals surface area contributed by atoms with Crippen LogP contribution < -0.4 is 4.90 Å². The molecule has 76 valence electrons. The van der Waals surface area contributed by atoms with E-state index >= 15 is 0 Å². The average molecular weight is 189 g/mol. The molecule has 0 aliphatic heterocycles. The Hall–Kier alpha value is -1.24. The molecule has 1 aromatic rings. The second-order valence-electron chi connectivity index (χ2n) is 4.07. The quantitative estimate of drug-likeness (QED) is 0.703. The van der Waals surface area contributed by atoms with Crippen LogP contribution in [-0.4, -0.2) is 14.1 Å². The Morgan fingerprint density at radius 2 is 1.93 bits per heavy atom. The van der Waals surface area contributed by atoms with Crippen LogP contribution in [0.15, 0.2) is 24.8 Å². The molecule has 0 N–H and O–H groups in total. The first-order chi connectivity index (χ1) is 6.56. The Labute approximate surface area is 87.1 Å². The fourth-order valence-electron chi connectivity index (χ4n) is 1.50. The highest BCUT2D eigenvalue weighted by molar-refractivity contribution is 5.67. The third-order valence-electron chi connectivity index (χ3n) is 2.42. The van der Waals surface area contributed by atoms with E-state index in [1.165, 1.54) is 16.8 Å². The predicted octanol–water partition coefficient (Wildman–Crippen LogP) is 3.52. The summed E-state index contributed by atoms with van der Waals surface area (Å²) in [6, 6.07) is 6.56. The molecule has 0 aliphatic rings. The molecule has 0 saturated carbocycles. The molecule has 0 unspecified atom stereocenters. The van der Waals surface area contributed by atoms with E-state index in [-0.39, 0.29) is 0 Å². The first kappa shape index (κ1) is 10.8. The van der Waals surface area contributed by atoms with E-state index in [0.717, 1.165) is 0 Å². The van der Waals surface area contributed by atoms with Gasteiger partial charge in [0.2, 0.25) is 0 Å². The first-order valence-electron chi connectivity index (χ1n) is 5.00. The Kier molecular flexibility index (Phi) is 3.34. The van der Waals surface area contributed by atoms with Crippen molar-refractivity contribution in [2.75, 3.05) is 19.0 Å². The van der Waals surface area contributed by atoms with E-state index in [2.05, 4.69) is 57.6 Å². The van der Waals surface area contributed by atoms with Crippen molar-refractivity contribution in [3.05, 3.63) is 35.9 Å². The summed E-state index contributed by atoms with van der Waals surface area (Å²) in [5.74, 6) is 0.574. The maximum atomic E-state index is 3.85. The zero-order valence-corrected chi connectivity index (χ0v) is 9.54. The van der Waals surface area contributed by atoms with Crippen molar-refractivity contribution in [1.29, 1.82) is 0 Å². The number of nitrogens with zero attached hydrogens (tertiary/aromatic N) is 1. The molecule has 0 radical (unpaired) electrons. The summed E-state index contributed by atoms with van der Waals surface area (Å²) < 4.78 is 0. The first-order valence-corrected chi connectivity index (χ1v) is 5.00. The molecule has 0 aromatic heterocycles. The van der Waals surface area contributed by atoms with Crippen LogP contribution in [0.5, 0.6) is 0 Å². The van der Waals surface area contributed by atoms with E-state index in [0.29, 0.717) is 5.92 Å². The Balaban J connectivity index is 3.18. The van der Waals surface area contributed by atoms with E-state index in [1.54, 1.807) is 0 Å². The summed E-state index contributed by atoms with van der Waals surface area (Å²) in [4.78, 5) is 2.11. The highest BCUT2D eigenvalue weighted by Crippen LogP contribution is 2.24. The van der Waals surface area contributed by atoms with Crippen LogP contribution in [0.3, 0.4) is 0 Å². The summed E-state index contributed by atoms with van der Waals surface area (Å²) >= 11 is 0. The Bertz CT molecular complexity index is 324. The van der Waals surface area contributed by atoms with Gasteiger partial charge in [-0.05, 0) is 29.2 Å². The van der Waals surface area contributed by atoms with Crippen molar-refractivity contribution in [2.45, 2.75) is 19.8 Å². The molecule has 1 heteroatoms. The Morgan fingerprint density at radius 3 is 2.36 bits per heavy atom. The summed E-state index contributed by atoms with van der Waals surface area (Å²) in [6.07, 6.45) is 1.92. The van der Waals surface area contributed by atoms with Gasteiger partial charge in [0.1, 0.15) is 0 Å². The van der Waals surface area contributed by atoms with Crippen molar-refractivity contribution in [2.24, 2.45) is 0 Å². The number of anilines is 1. The van der Waals surface area contributed by atoms with Crippen LogP contribution in [0.1, 0.15) is 30.9 Å². The smallest absolute Gasteiger partial charge is 0.0434 e. The lowest BCUT2D eigenvalue weighted by atomic mass is 9.99. The molecule has 0 heterocycles. The fraction of sp³-hybridized carbons (Fsp3) is 0.385. The molecule has 0 amide bonds. The average Bonchev–Trinajstić information content (AvgIpc) is 2.16. The van der Waals surface area contributed by atoms with Crippen molar-refractivity contribution < 1.29 is 0 Å². The molecule has 1 aromatic carbocycles. The molecule has 0 atom stereocenters. The minimum Gasteiger partial charge on any atom is -0.377 e. The summed E-state index contributed by atoms with van der Waals surface area (Å²) in [5, 5.41) is 0. The van der Waals surface area contributed by atoms with Gasteiger partial charge in [-0.25, -0.2) is 0 Å². The van der Waals surface area contributed by atoms with Crippen LogP contribution in [0, 0.1) is 0 Å². The maximum Gasteiger partial charge on any atom is 0.0434 e. The molecule has 1 rings (SSSR count). The van der Waals surface area contributed by atoms with Crippen LogP contribution in [0.25, 0.3) is 6.08 Å². The standard InChI is InChI=1S/C13H19N/c1-6-11-9-12(10(2)3)7-8-13(11)14(4)5/h6-10H,1H2,2-5H3. The molecule has 0 saturated heterocycles. The zero-order valence-electron chi connectivity index (χ0n) is 9.54. The fourth-order valence-corrected chi connectivity index (χ4v) is 1.50. The van der Waals surface area contributed by atoms with E-state index in [1.807, 2.05) is 6.08 Å². The number of rotatable bonds is 3.